The summed E-state index contributed by atoms with van der Waals surface area (Å²) in [4.78, 5) is 4.53. The summed E-state index contributed by atoms with van der Waals surface area (Å²) in [5.74, 6) is 1.61. The van der Waals surface area contributed by atoms with E-state index in [2.05, 4.69) is 33.2 Å². The Labute approximate surface area is 145 Å². The van der Waals surface area contributed by atoms with Gasteiger partial charge in [-0.25, -0.2) is 4.98 Å². The lowest BCUT2D eigenvalue weighted by Gasteiger charge is -2.10. The Bertz CT molecular complexity index is 1040. The lowest BCUT2D eigenvalue weighted by atomic mass is 10.1. The van der Waals surface area contributed by atoms with E-state index < -0.39 is 0 Å². The summed E-state index contributed by atoms with van der Waals surface area (Å²) < 4.78 is 3.75. The molecule has 0 unspecified atom stereocenters. The largest absolute Gasteiger partial charge is 0.300 e. The molecular weight excluding hydrogens is 312 g/mol. The van der Waals surface area contributed by atoms with Crippen molar-refractivity contribution >= 4 is 6.08 Å². The van der Waals surface area contributed by atoms with Crippen molar-refractivity contribution in [2.24, 2.45) is 0 Å². The van der Waals surface area contributed by atoms with Crippen LogP contribution in [0, 0.1) is 6.92 Å². The second-order valence-corrected chi connectivity index (χ2v) is 5.61. The highest BCUT2D eigenvalue weighted by Crippen LogP contribution is 2.24. The fraction of sp³-hybridized carbons (Fsp3) is 0.0526. The van der Waals surface area contributed by atoms with Crippen LogP contribution in [0.2, 0.25) is 0 Å². The van der Waals surface area contributed by atoms with Crippen LogP contribution in [0.4, 0.5) is 0 Å². The summed E-state index contributed by atoms with van der Waals surface area (Å²) in [5.41, 5.74) is 3.99. The summed E-state index contributed by atoms with van der Waals surface area (Å²) in [5, 5.41) is 11.7. The highest BCUT2D eigenvalue weighted by Gasteiger charge is 2.10. The maximum atomic E-state index is 4.53. The van der Waals surface area contributed by atoms with E-state index >= 15 is 0 Å². The third-order valence-electron chi connectivity index (χ3n) is 4.00. The molecular formula is C19H16N6. The highest BCUT2D eigenvalue weighted by atomic mass is 15.5. The van der Waals surface area contributed by atoms with Crippen molar-refractivity contribution in [1.82, 2.24) is 29.8 Å². The molecule has 0 N–H and O–H groups in total. The molecule has 0 saturated carbocycles. The Kier molecular flexibility index (Phi) is 3.70. The van der Waals surface area contributed by atoms with Crippen LogP contribution in [0.25, 0.3) is 28.8 Å². The van der Waals surface area contributed by atoms with Crippen LogP contribution < -0.4 is 0 Å². The molecule has 0 aliphatic heterocycles. The van der Waals surface area contributed by atoms with Crippen molar-refractivity contribution < 1.29 is 0 Å². The fourth-order valence-corrected chi connectivity index (χ4v) is 2.77. The molecule has 2 aromatic carbocycles. The first-order chi connectivity index (χ1) is 12.3. The van der Waals surface area contributed by atoms with E-state index in [-0.39, 0.29) is 0 Å². The zero-order chi connectivity index (χ0) is 17.2. The Morgan fingerprint density at radius 2 is 1.88 bits per heavy atom. The van der Waals surface area contributed by atoms with E-state index in [1.165, 1.54) is 0 Å². The van der Waals surface area contributed by atoms with E-state index in [4.69, 9.17) is 0 Å². The van der Waals surface area contributed by atoms with Gasteiger partial charge in [0.25, 0.3) is 0 Å². The van der Waals surface area contributed by atoms with Crippen LogP contribution in [-0.4, -0.2) is 29.8 Å². The van der Waals surface area contributed by atoms with Gasteiger partial charge in [-0.2, -0.15) is 4.68 Å². The van der Waals surface area contributed by atoms with Crippen LogP contribution in [0.15, 0.2) is 67.5 Å². The summed E-state index contributed by atoms with van der Waals surface area (Å²) in [6.45, 7) is 5.70. The van der Waals surface area contributed by atoms with E-state index in [0.29, 0.717) is 0 Å². The van der Waals surface area contributed by atoms with Crippen LogP contribution >= 0.6 is 0 Å². The Hall–Kier alpha value is -3.54. The van der Waals surface area contributed by atoms with E-state index in [1.807, 2.05) is 66.2 Å². The average molecular weight is 328 g/mol. The molecule has 0 aliphatic carbocycles. The summed E-state index contributed by atoms with van der Waals surface area (Å²) in [6, 6.07) is 16.2. The van der Waals surface area contributed by atoms with Gasteiger partial charge in [-0.15, -0.1) is 5.10 Å². The highest BCUT2D eigenvalue weighted by molar-refractivity contribution is 5.64. The quantitative estimate of drug-likeness (QED) is 0.575. The van der Waals surface area contributed by atoms with Gasteiger partial charge >= 0.3 is 0 Å². The lowest BCUT2D eigenvalue weighted by molar-refractivity contribution is 0.778. The first-order valence-corrected chi connectivity index (χ1v) is 7.88. The number of hydrogen-bond acceptors (Lipinski definition) is 4. The molecule has 0 radical (unpaired) electrons. The first kappa shape index (κ1) is 15.0. The Morgan fingerprint density at radius 3 is 2.68 bits per heavy atom. The molecule has 6 heteroatoms. The smallest absolute Gasteiger partial charge is 0.153 e. The zero-order valence-electron chi connectivity index (χ0n) is 13.7. The number of aromatic nitrogens is 6. The molecule has 4 aromatic rings. The second kappa shape index (κ2) is 6.16. The number of nitrogens with zero attached hydrogens (tertiary/aromatic N) is 6. The standard InChI is InChI=1S/C19H16N6/c1-3-15-6-4-7-16(12-15)19-20-10-11-24(19)17-8-5-9-18(13-17)25-14(2)21-22-23-25/h3-13H,1H2,2H3. The van der Waals surface area contributed by atoms with Crippen LogP contribution in [0.5, 0.6) is 0 Å². The summed E-state index contributed by atoms with van der Waals surface area (Å²) in [7, 11) is 0. The minimum absolute atomic E-state index is 0.738. The number of imidazole rings is 1. The van der Waals surface area contributed by atoms with Gasteiger partial charge in [-0.3, -0.25) is 4.57 Å². The number of hydrogen-bond donors (Lipinski definition) is 0. The van der Waals surface area contributed by atoms with E-state index in [9.17, 15) is 0 Å². The molecule has 0 spiro atoms. The van der Waals surface area contributed by atoms with Crippen molar-refractivity contribution in [3.63, 3.8) is 0 Å². The van der Waals surface area contributed by atoms with E-state index in [0.717, 1.165) is 34.2 Å². The van der Waals surface area contributed by atoms with Crippen LogP contribution in [-0.2, 0) is 0 Å². The molecule has 2 heterocycles. The van der Waals surface area contributed by atoms with Crippen molar-refractivity contribution in [2.45, 2.75) is 6.92 Å². The minimum atomic E-state index is 0.738. The third-order valence-corrected chi connectivity index (χ3v) is 4.00. The maximum absolute atomic E-state index is 4.53. The molecule has 0 aliphatic rings. The van der Waals surface area contributed by atoms with Crippen molar-refractivity contribution in [2.75, 3.05) is 0 Å². The van der Waals surface area contributed by atoms with Gasteiger partial charge in [0, 0.05) is 23.6 Å². The molecule has 0 amide bonds. The lowest BCUT2D eigenvalue weighted by Crippen LogP contribution is -2.02. The van der Waals surface area contributed by atoms with E-state index in [1.54, 1.807) is 10.9 Å². The van der Waals surface area contributed by atoms with Crippen LogP contribution in [0.3, 0.4) is 0 Å². The normalized spacial score (nSPS) is 10.8. The molecule has 25 heavy (non-hydrogen) atoms. The number of rotatable bonds is 4. The Morgan fingerprint density at radius 1 is 1.04 bits per heavy atom. The van der Waals surface area contributed by atoms with Gasteiger partial charge in [-0.1, -0.05) is 36.9 Å². The molecule has 2 aromatic heterocycles. The minimum Gasteiger partial charge on any atom is -0.300 e. The molecule has 0 bridgehead atoms. The maximum Gasteiger partial charge on any atom is 0.153 e. The predicted molar refractivity (Wildman–Crippen MR) is 96.5 cm³/mol. The molecule has 6 nitrogen and oxygen atoms in total. The first-order valence-electron chi connectivity index (χ1n) is 7.88. The summed E-state index contributed by atoms with van der Waals surface area (Å²) >= 11 is 0. The third kappa shape index (κ3) is 2.74. The Balaban J connectivity index is 1.81. The zero-order valence-corrected chi connectivity index (χ0v) is 13.7. The fourth-order valence-electron chi connectivity index (χ4n) is 2.77. The second-order valence-electron chi connectivity index (χ2n) is 5.61. The van der Waals surface area contributed by atoms with Gasteiger partial charge in [0.05, 0.1) is 5.69 Å². The monoisotopic (exact) mass is 328 g/mol. The SMILES string of the molecule is C=Cc1cccc(-c2nccn2-c2cccc(-n3nnnc3C)c2)c1. The van der Waals surface area contributed by atoms with Gasteiger partial charge < -0.3 is 0 Å². The van der Waals surface area contributed by atoms with Gasteiger partial charge in [0.2, 0.25) is 0 Å². The number of benzene rings is 2. The van der Waals surface area contributed by atoms with Crippen molar-refractivity contribution in [3.8, 4) is 22.8 Å². The molecule has 4 rings (SSSR count). The molecule has 122 valence electrons. The van der Waals surface area contributed by atoms with Gasteiger partial charge in [0.15, 0.2) is 5.82 Å². The number of tetrazole rings is 1. The van der Waals surface area contributed by atoms with Crippen LogP contribution in [0.1, 0.15) is 11.4 Å². The average Bonchev–Trinajstić information content (AvgIpc) is 3.31. The summed E-state index contributed by atoms with van der Waals surface area (Å²) in [6.07, 6.45) is 5.57. The topological polar surface area (TPSA) is 61.4 Å². The molecule has 0 fully saturated rings. The predicted octanol–water partition coefficient (Wildman–Crippen LogP) is 3.47. The van der Waals surface area contributed by atoms with Gasteiger partial charge in [0.1, 0.15) is 5.82 Å². The number of aryl methyl sites for hydroxylation is 1. The van der Waals surface area contributed by atoms with Crippen molar-refractivity contribution in [1.29, 1.82) is 0 Å². The van der Waals surface area contributed by atoms with Crippen molar-refractivity contribution in [3.05, 3.63) is 78.9 Å². The molecule has 0 atom stereocenters. The van der Waals surface area contributed by atoms with Gasteiger partial charge in [-0.05, 0) is 47.2 Å². The molecule has 0 saturated heterocycles.